The summed E-state index contributed by atoms with van der Waals surface area (Å²) >= 11 is 0. The molecular weight excluding hydrogens is 600 g/mol. The summed E-state index contributed by atoms with van der Waals surface area (Å²) in [6.45, 7) is 6.15. The number of carbonyl (C=O) groups excluding carboxylic acids is 7. The number of hydrogen-bond donors (Lipinski definition) is 1. The quantitative estimate of drug-likeness (QED) is 0.203. The molecule has 10 atom stereocenters. The van der Waals surface area contributed by atoms with Gasteiger partial charge >= 0.3 is 41.8 Å². The van der Waals surface area contributed by atoms with Crippen molar-refractivity contribution in [1.29, 1.82) is 0 Å². The van der Waals surface area contributed by atoms with E-state index in [1.54, 1.807) is 0 Å². The zero-order valence-electron chi connectivity index (χ0n) is 25.1. The van der Waals surface area contributed by atoms with E-state index in [0.717, 1.165) is 48.5 Å². The van der Waals surface area contributed by atoms with Gasteiger partial charge in [0, 0.05) is 48.5 Å². The van der Waals surface area contributed by atoms with Crippen molar-refractivity contribution in [3.63, 3.8) is 0 Å². The van der Waals surface area contributed by atoms with Gasteiger partial charge in [0.15, 0.2) is 49.2 Å². The van der Waals surface area contributed by atoms with Crippen LogP contribution in [0.15, 0.2) is 0 Å². The number of esters is 7. The lowest BCUT2D eigenvalue weighted by atomic mass is 9.97. The molecule has 0 amide bonds. The summed E-state index contributed by atoms with van der Waals surface area (Å²) in [5.41, 5.74) is 0. The van der Waals surface area contributed by atoms with Crippen LogP contribution in [0.4, 0.5) is 0 Å². The second-order valence-electron chi connectivity index (χ2n) is 9.69. The minimum absolute atomic E-state index is 0.523. The standard InChI is InChI=1S/C26H36O18/c1-10(27)35-8-18-20(38-12(3)29)22(40-14(5)31)24(42-16(7)33)26(44-18)36-9-17-19(37-11(2)28)21(39-13(4)30)23(25(34)43-17)41-15(6)32/h17-26,34H,8-9H2,1-7H3/t17-,18-,19+,20+,21+,22+,23+,24+,25-,26-/m1/s1. The van der Waals surface area contributed by atoms with Gasteiger partial charge in [-0.25, -0.2) is 0 Å². The third-order valence-electron chi connectivity index (χ3n) is 5.89. The highest BCUT2D eigenvalue weighted by atomic mass is 16.7. The molecule has 0 saturated carbocycles. The fraction of sp³-hybridized carbons (Fsp3) is 0.731. The Morgan fingerprint density at radius 1 is 0.477 bits per heavy atom. The van der Waals surface area contributed by atoms with E-state index >= 15 is 0 Å². The van der Waals surface area contributed by atoms with Crippen molar-refractivity contribution in [1.82, 2.24) is 0 Å². The highest BCUT2D eigenvalue weighted by molar-refractivity contribution is 5.69. The summed E-state index contributed by atoms with van der Waals surface area (Å²) < 4.78 is 53.7. The molecule has 2 fully saturated rings. The van der Waals surface area contributed by atoms with E-state index in [1.165, 1.54) is 0 Å². The predicted octanol–water partition coefficient (Wildman–Crippen LogP) is -1.40. The molecule has 18 nitrogen and oxygen atoms in total. The van der Waals surface area contributed by atoms with E-state index in [9.17, 15) is 38.7 Å². The van der Waals surface area contributed by atoms with Gasteiger partial charge in [0.1, 0.15) is 18.8 Å². The first-order valence-corrected chi connectivity index (χ1v) is 13.3. The van der Waals surface area contributed by atoms with Crippen molar-refractivity contribution < 1.29 is 86.0 Å². The molecule has 248 valence electrons. The average Bonchev–Trinajstić information content (AvgIpc) is 2.87. The van der Waals surface area contributed by atoms with Crippen molar-refractivity contribution in [2.45, 2.75) is 110 Å². The number of ether oxygens (including phenoxy) is 10. The fourth-order valence-corrected chi connectivity index (χ4v) is 4.52. The Morgan fingerprint density at radius 3 is 1.27 bits per heavy atom. The van der Waals surface area contributed by atoms with Gasteiger partial charge < -0.3 is 52.5 Å². The van der Waals surface area contributed by atoms with Crippen LogP contribution in [0.5, 0.6) is 0 Å². The Labute approximate surface area is 251 Å². The van der Waals surface area contributed by atoms with Gasteiger partial charge in [-0.3, -0.25) is 33.6 Å². The van der Waals surface area contributed by atoms with Crippen LogP contribution in [0.3, 0.4) is 0 Å². The maximum atomic E-state index is 12.1. The number of aliphatic hydroxyl groups is 1. The van der Waals surface area contributed by atoms with Gasteiger partial charge in [-0.1, -0.05) is 0 Å². The first-order chi connectivity index (χ1) is 20.5. The van der Waals surface area contributed by atoms with Crippen molar-refractivity contribution in [3.8, 4) is 0 Å². The normalized spacial score (nSPS) is 31.5. The molecule has 44 heavy (non-hydrogen) atoms. The molecular formula is C26H36O18. The van der Waals surface area contributed by atoms with Gasteiger partial charge in [-0.2, -0.15) is 0 Å². The smallest absolute Gasteiger partial charge is 0.303 e. The molecule has 0 aliphatic carbocycles. The second-order valence-corrected chi connectivity index (χ2v) is 9.69. The largest absolute Gasteiger partial charge is 0.463 e. The maximum Gasteiger partial charge on any atom is 0.303 e. The number of rotatable bonds is 11. The van der Waals surface area contributed by atoms with Crippen molar-refractivity contribution >= 4 is 41.8 Å². The molecule has 0 bridgehead atoms. The third kappa shape index (κ3) is 10.7. The van der Waals surface area contributed by atoms with E-state index in [0.29, 0.717) is 0 Å². The Kier molecular flexibility index (Phi) is 13.4. The molecule has 0 aromatic rings. The summed E-state index contributed by atoms with van der Waals surface area (Å²) in [6.07, 6.45) is -15.6. The second kappa shape index (κ2) is 16.3. The maximum absolute atomic E-state index is 12.1. The van der Waals surface area contributed by atoms with Crippen LogP contribution in [0.25, 0.3) is 0 Å². The lowest BCUT2D eigenvalue weighted by Gasteiger charge is -2.45. The molecule has 0 aromatic carbocycles. The summed E-state index contributed by atoms with van der Waals surface area (Å²) in [7, 11) is 0. The van der Waals surface area contributed by atoms with Crippen LogP contribution >= 0.6 is 0 Å². The first kappa shape index (κ1) is 36.3. The Hall–Kier alpha value is -3.87. The molecule has 18 heteroatoms. The predicted molar refractivity (Wildman–Crippen MR) is 135 cm³/mol. The third-order valence-corrected chi connectivity index (χ3v) is 5.89. The lowest BCUT2D eigenvalue weighted by molar-refractivity contribution is -0.330. The van der Waals surface area contributed by atoms with Gasteiger partial charge in [-0.05, 0) is 0 Å². The monoisotopic (exact) mass is 636 g/mol. The van der Waals surface area contributed by atoms with Gasteiger partial charge in [0.05, 0.1) is 6.61 Å². The van der Waals surface area contributed by atoms with E-state index in [2.05, 4.69) is 0 Å². The van der Waals surface area contributed by atoms with E-state index in [4.69, 9.17) is 47.4 Å². The zero-order chi connectivity index (χ0) is 33.3. The molecule has 0 unspecified atom stereocenters. The van der Waals surface area contributed by atoms with Crippen molar-refractivity contribution in [3.05, 3.63) is 0 Å². The minimum Gasteiger partial charge on any atom is -0.463 e. The summed E-state index contributed by atoms with van der Waals surface area (Å²) in [5, 5.41) is 10.6. The van der Waals surface area contributed by atoms with E-state index in [-0.39, 0.29) is 0 Å². The molecule has 1 N–H and O–H groups in total. The van der Waals surface area contributed by atoms with Crippen LogP contribution in [-0.4, -0.2) is 122 Å². The minimum atomic E-state index is -1.90. The highest BCUT2D eigenvalue weighted by Gasteiger charge is 2.55. The molecule has 0 aromatic heterocycles. The van der Waals surface area contributed by atoms with Crippen LogP contribution in [0.2, 0.25) is 0 Å². The number of carbonyl (C=O) groups is 7. The molecule has 2 rings (SSSR count). The SMILES string of the molecule is CC(=O)OC[C@H]1O[C@@H](OC[C@H]2O[C@@H](O)[C@@H](OC(C)=O)[C@@H](OC(C)=O)[C@H]2OC(C)=O)[C@@H](OC(C)=O)[C@@H](OC(C)=O)[C@H]1OC(C)=O. The van der Waals surface area contributed by atoms with E-state index < -0.39 is 116 Å². The first-order valence-electron chi connectivity index (χ1n) is 13.3. The fourth-order valence-electron chi connectivity index (χ4n) is 4.52. The van der Waals surface area contributed by atoms with Gasteiger partial charge in [0.25, 0.3) is 0 Å². The average molecular weight is 637 g/mol. The van der Waals surface area contributed by atoms with Gasteiger partial charge in [0.2, 0.25) is 0 Å². The molecule has 2 aliphatic rings. The molecule has 2 heterocycles. The highest BCUT2D eigenvalue weighted by Crippen LogP contribution is 2.32. The molecule has 2 saturated heterocycles. The topological polar surface area (TPSA) is 232 Å². The molecule has 0 radical (unpaired) electrons. The van der Waals surface area contributed by atoms with E-state index in [1.807, 2.05) is 0 Å². The number of aliphatic hydroxyl groups excluding tert-OH is 1. The van der Waals surface area contributed by atoms with Crippen LogP contribution in [-0.2, 0) is 80.9 Å². The van der Waals surface area contributed by atoms with Gasteiger partial charge in [-0.15, -0.1) is 0 Å². The van der Waals surface area contributed by atoms with Crippen molar-refractivity contribution in [2.75, 3.05) is 13.2 Å². The summed E-state index contributed by atoms with van der Waals surface area (Å²) in [6, 6.07) is 0. The Bertz CT molecular complexity index is 1090. The molecule has 0 spiro atoms. The van der Waals surface area contributed by atoms with Crippen molar-refractivity contribution in [2.24, 2.45) is 0 Å². The lowest BCUT2D eigenvalue weighted by Crippen LogP contribution is -2.64. The summed E-state index contributed by atoms with van der Waals surface area (Å²) in [4.78, 5) is 83.0. The summed E-state index contributed by atoms with van der Waals surface area (Å²) in [5.74, 6) is -5.94. The Balaban J connectivity index is 2.48. The number of hydrogen-bond acceptors (Lipinski definition) is 18. The van der Waals surface area contributed by atoms with Crippen LogP contribution < -0.4 is 0 Å². The Morgan fingerprint density at radius 2 is 0.841 bits per heavy atom. The molecule has 2 aliphatic heterocycles. The van der Waals surface area contributed by atoms with Crippen LogP contribution in [0.1, 0.15) is 48.5 Å². The van der Waals surface area contributed by atoms with Crippen LogP contribution in [0, 0.1) is 0 Å². The zero-order valence-corrected chi connectivity index (χ0v) is 25.1.